The van der Waals surface area contributed by atoms with E-state index in [9.17, 15) is 0 Å². The lowest BCUT2D eigenvalue weighted by molar-refractivity contribution is 0.249. The molecule has 90 valence electrons. The summed E-state index contributed by atoms with van der Waals surface area (Å²) >= 11 is 0. The highest BCUT2D eigenvalue weighted by molar-refractivity contribution is 4.76. The van der Waals surface area contributed by atoms with Crippen LogP contribution in [0.3, 0.4) is 0 Å². The Bertz CT molecular complexity index is 151. The van der Waals surface area contributed by atoms with Crippen molar-refractivity contribution in [3.05, 3.63) is 0 Å². The second-order valence-electron chi connectivity index (χ2n) is 5.31. The topological polar surface area (TPSA) is 26.0 Å². The minimum Gasteiger partial charge on any atom is -0.330 e. The maximum atomic E-state index is 5.92. The molecule has 2 atom stereocenters. The quantitative estimate of drug-likeness (QED) is 0.684. The monoisotopic (exact) mass is 211 g/mol. The maximum absolute atomic E-state index is 5.92. The summed E-state index contributed by atoms with van der Waals surface area (Å²) in [6, 6.07) is 0. The van der Waals surface area contributed by atoms with Crippen LogP contribution in [0.25, 0.3) is 0 Å². The molecule has 0 radical (unpaired) electrons. The van der Waals surface area contributed by atoms with Gasteiger partial charge in [-0.05, 0) is 37.1 Å². The zero-order valence-electron chi connectivity index (χ0n) is 10.7. The summed E-state index contributed by atoms with van der Waals surface area (Å²) in [5, 5.41) is 0. The van der Waals surface area contributed by atoms with Gasteiger partial charge in [0.1, 0.15) is 0 Å². The van der Waals surface area contributed by atoms with Crippen molar-refractivity contribution in [1.29, 1.82) is 0 Å². The second-order valence-corrected chi connectivity index (χ2v) is 5.31. The van der Waals surface area contributed by atoms with Crippen molar-refractivity contribution in [1.82, 2.24) is 0 Å². The van der Waals surface area contributed by atoms with Crippen LogP contribution < -0.4 is 5.73 Å². The van der Waals surface area contributed by atoms with Crippen molar-refractivity contribution in [3.8, 4) is 0 Å². The van der Waals surface area contributed by atoms with Crippen LogP contribution in [0.15, 0.2) is 0 Å². The van der Waals surface area contributed by atoms with Gasteiger partial charge in [-0.1, -0.05) is 52.4 Å². The minimum atomic E-state index is 0.827. The van der Waals surface area contributed by atoms with Crippen molar-refractivity contribution < 1.29 is 0 Å². The van der Waals surface area contributed by atoms with E-state index in [2.05, 4.69) is 13.8 Å². The highest BCUT2D eigenvalue weighted by Crippen LogP contribution is 2.34. The highest BCUT2D eigenvalue weighted by atomic mass is 14.6. The van der Waals surface area contributed by atoms with Crippen LogP contribution >= 0.6 is 0 Å². The van der Waals surface area contributed by atoms with Gasteiger partial charge in [0.05, 0.1) is 0 Å². The lowest BCUT2D eigenvalue weighted by Crippen LogP contribution is -2.24. The molecule has 1 heteroatoms. The Hall–Kier alpha value is -0.0400. The summed E-state index contributed by atoms with van der Waals surface area (Å²) in [5.74, 6) is 2.71. The first kappa shape index (κ1) is 13.0. The van der Waals surface area contributed by atoms with E-state index in [-0.39, 0.29) is 0 Å². The Kier molecular flexibility index (Phi) is 6.31. The molecular formula is C14H29N. The molecule has 1 nitrogen and oxygen atoms in total. The summed E-state index contributed by atoms with van der Waals surface area (Å²) in [7, 11) is 0. The van der Waals surface area contributed by atoms with E-state index in [0.717, 1.165) is 24.3 Å². The Morgan fingerprint density at radius 2 is 1.60 bits per heavy atom. The molecule has 1 saturated carbocycles. The summed E-state index contributed by atoms with van der Waals surface area (Å²) in [6.45, 7) is 5.59. The second kappa shape index (κ2) is 7.27. The fourth-order valence-electron chi connectivity index (χ4n) is 3.13. The molecule has 0 bridgehead atoms. The fraction of sp³-hybridized carbons (Fsp3) is 1.00. The van der Waals surface area contributed by atoms with Gasteiger partial charge in [-0.15, -0.1) is 0 Å². The SMILES string of the molecule is CCC(CC)CC1CCCCCC1CN. The maximum Gasteiger partial charge on any atom is -0.00462 e. The van der Waals surface area contributed by atoms with Crippen molar-refractivity contribution in [2.45, 2.75) is 65.2 Å². The van der Waals surface area contributed by atoms with Crippen LogP contribution in [0.1, 0.15) is 65.2 Å². The molecule has 1 aliphatic carbocycles. The molecule has 15 heavy (non-hydrogen) atoms. The highest BCUT2D eigenvalue weighted by Gasteiger charge is 2.24. The van der Waals surface area contributed by atoms with Gasteiger partial charge in [0.25, 0.3) is 0 Å². The third-order valence-corrected chi connectivity index (χ3v) is 4.41. The Morgan fingerprint density at radius 1 is 1.00 bits per heavy atom. The van der Waals surface area contributed by atoms with Crippen molar-refractivity contribution in [3.63, 3.8) is 0 Å². The van der Waals surface area contributed by atoms with Crippen molar-refractivity contribution in [2.75, 3.05) is 6.54 Å². The molecule has 2 unspecified atom stereocenters. The van der Waals surface area contributed by atoms with Crippen LogP contribution in [-0.2, 0) is 0 Å². The molecule has 1 aliphatic rings. The number of nitrogens with two attached hydrogens (primary N) is 1. The Labute approximate surface area is 95.8 Å². The van der Waals surface area contributed by atoms with Crippen molar-refractivity contribution >= 4 is 0 Å². The Morgan fingerprint density at radius 3 is 2.13 bits per heavy atom. The molecule has 1 fully saturated rings. The minimum absolute atomic E-state index is 0.827. The van der Waals surface area contributed by atoms with E-state index in [4.69, 9.17) is 5.73 Å². The predicted molar refractivity (Wildman–Crippen MR) is 67.8 cm³/mol. The first-order valence-electron chi connectivity index (χ1n) is 7.01. The first-order chi connectivity index (χ1) is 7.31. The smallest absolute Gasteiger partial charge is 0.00462 e. The summed E-state index contributed by atoms with van der Waals surface area (Å²) in [4.78, 5) is 0. The van der Waals surface area contributed by atoms with Gasteiger partial charge in [0, 0.05) is 0 Å². The van der Waals surface area contributed by atoms with Crippen LogP contribution in [0.4, 0.5) is 0 Å². The third-order valence-electron chi connectivity index (χ3n) is 4.41. The molecule has 2 N–H and O–H groups in total. The molecule has 0 aliphatic heterocycles. The molecule has 0 heterocycles. The zero-order valence-corrected chi connectivity index (χ0v) is 10.7. The molecule has 0 aromatic rings. The summed E-state index contributed by atoms with van der Waals surface area (Å²) in [6.07, 6.45) is 11.3. The largest absolute Gasteiger partial charge is 0.330 e. The van der Waals surface area contributed by atoms with Gasteiger partial charge in [0.2, 0.25) is 0 Å². The van der Waals surface area contributed by atoms with Gasteiger partial charge >= 0.3 is 0 Å². The van der Waals surface area contributed by atoms with E-state index >= 15 is 0 Å². The summed E-state index contributed by atoms with van der Waals surface area (Å²) in [5.41, 5.74) is 5.92. The van der Waals surface area contributed by atoms with Gasteiger partial charge in [-0.2, -0.15) is 0 Å². The van der Waals surface area contributed by atoms with Gasteiger partial charge in [-0.25, -0.2) is 0 Å². The average molecular weight is 211 g/mol. The molecule has 0 aromatic heterocycles. The van der Waals surface area contributed by atoms with Crippen LogP contribution in [0.5, 0.6) is 0 Å². The first-order valence-corrected chi connectivity index (χ1v) is 7.01. The normalized spacial score (nSPS) is 28.0. The Balaban J connectivity index is 2.46. The van der Waals surface area contributed by atoms with Crippen LogP contribution in [-0.4, -0.2) is 6.54 Å². The van der Waals surface area contributed by atoms with E-state index in [1.54, 1.807) is 0 Å². The molecular weight excluding hydrogens is 182 g/mol. The number of rotatable bonds is 5. The van der Waals surface area contributed by atoms with E-state index in [1.807, 2.05) is 0 Å². The lowest BCUT2D eigenvalue weighted by atomic mass is 9.80. The molecule has 0 amide bonds. The zero-order chi connectivity index (χ0) is 11.1. The van der Waals surface area contributed by atoms with E-state index in [0.29, 0.717) is 0 Å². The third kappa shape index (κ3) is 4.14. The fourth-order valence-corrected chi connectivity index (χ4v) is 3.13. The average Bonchev–Trinajstić information content (AvgIpc) is 2.50. The van der Waals surface area contributed by atoms with Crippen LogP contribution in [0, 0.1) is 17.8 Å². The van der Waals surface area contributed by atoms with Gasteiger partial charge < -0.3 is 5.73 Å². The van der Waals surface area contributed by atoms with Crippen molar-refractivity contribution in [2.24, 2.45) is 23.5 Å². The van der Waals surface area contributed by atoms with E-state index < -0.39 is 0 Å². The predicted octanol–water partition coefficient (Wildman–Crippen LogP) is 3.97. The van der Waals surface area contributed by atoms with Crippen LogP contribution in [0.2, 0.25) is 0 Å². The molecule has 0 saturated heterocycles. The van der Waals surface area contributed by atoms with E-state index in [1.165, 1.54) is 51.4 Å². The molecule has 0 aromatic carbocycles. The summed E-state index contributed by atoms with van der Waals surface area (Å²) < 4.78 is 0. The van der Waals surface area contributed by atoms with Gasteiger partial charge in [0.15, 0.2) is 0 Å². The lowest BCUT2D eigenvalue weighted by Gasteiger charge is -2.27. The molecule has 0 spiro atoms. The number of hydrogen-bond acceptors (Lipinski definition) is 1. The molecule has 1 rings (SSSR count). The van der Waals surface area contributed by atoms with Gasteiger partial charge in [-0.3, -0.25) is 0 Å². The number of hydrogen-bond donors (Lipinski definition) is 1. The standard InChI is InChI=1S/C14H29N/c1-3-12(4-2)10-13-8-6-5-7-9-14(13)11-15/h12-14H,3-11,15H2,1-2H3.